The van der Waals surface area contributed by atoms with Gasteiger partial charge in [-0.25, -0.2) is 18.9 Å². The van der Waals surface area contributed by atoms with Crippen LogP contribution in [0.15, 0.2) is 17.3 Å². The summed E-state index contributed by atoms with van der Waals surface area (Å²) < 4.78 is 40.6. The van der Waals surface area contributed by atoms with Gasteiger partial charge in [0.2, 0.25) is 5.95 Å². The number of aromatic nitrogens is 9. The molecule has 0 saturated carbocycles. The highest BCUT2D eigenvalue weighted by molar-refractivity contribution is 8.07. The van der Waals surface area contributed by atoms with Gasteiger partial charge in [-0.05, 0) is 18.2 Å². The minimum Gasteiger partial charge on any atom is -0.396 e. The second-order valence-electron chi connectivity index (χ2n) is 9.54. The summed E-state index contributed by atoms with van der Waals surface area (Å²) in [5.74, 6) is -0.0848. The van der Waals surface area contributed by atoms with E-state index in [2.05, 4.69) is 35.3 Å². The van der Waals surface area contributed by atoms with E-state index in [1.165, 1.54) is 17.0 Å². The fraction of sp³-hybridized carbons (Fsp3) is 0.550. The average molecular weight is 630 g/mol. The van der Waals surface area contributed by atoms with Crippen LogP contribution in [0.4, 0.5) is 16.2 Å². The number of alkyl halides is 1. The Morgan fingerprint density at radius 3 is 2.86 bits per heavy atom. The molecule has 2 aliphatic heterocycles. The molecule has 226 valence electrons. The molecule has 0 bridgehead atoms. The quantitative estimate of drug-likeness (QED) is 0.112. The van der Waals surface area contributed by atoms with Crippen molar-refractivity contribution in [2.75, 3.05) is 24.7 Å². The van der Waals surface area contributed by atoms with E-state index in [-0.39, 0.29) is 35.8 Å². The maximum Gasteiger partial charge on any atom is 0.325 e. The Hall–Kier alpha value is -3.27. The molecule has 8 atom stereocenters. The molecule has 0 radical (unpaired) electrons. The Morgan fingerprint density at radius 1 is 1.26 bits per heavy atom. The van der Waals surface area contributed by atoms with Crippen molar-refractivity contribution in [1.29, 1.82) is 0 Å². The van der Waals surface area contributed by atoms with Crippen molar-refractivity contribution < 1.29 is 38.0 Å². The van der Waals surface area contributed by atoms with Crippen molar-refractivity contribution in [2.24, 2.45) is 0 Å². The van der Waals surface area contributed by atoms with Gasteiger partial charge in [-0.1, -0.05) is 5.21 Å². The highest BCUT2D eigenvalue weighted by Gasteiger charge is 2.50. The molecule has 4 aromatic rings. The zero-order chi connectivity index (χ0) is 29.8. The van der Waals surface area contributed by atoms with Gasteiger partial charge >= 0.3 is 6.72 Å². The van der Waals surface area contributed by atoms with Crippen molar-refractivity contribution in [3.8, 4) is 0 Å². The molecule has 1 unspecified atom stereocenters. The molecule has 2 saturated heterocycles. The number of hydrogen-bond acceptors (Lipinski definition) is 16. The van der Waals surface area contributed by atoms with Crippen LogP contribution in [0, 0.1) is 0 Å². The summed E-state index contributed by atoms with van der Waals surface area (Å²) in [4.78, 5) is 37.4. The van der Waals surface area contributed by atoms with Crippen LogP contribution in [0.1, 0.15) is 30.9 Å². The van der Waals surface area contributed by atoms with Gasteiger partial charge in [-0.15, -0.1) is 5.10 Å². The molecule has 6 heterocycles. The Bertz CT molecular complexity index is 1720. The second kappa shape index (κ2) is 11.1. The molecular weight excluding hydrogens is 604 g/mol. The van der Waals surface area contributed by atoms with E-state index in [4.69, 9.17) is 41.8 Å². The second-order valence-corrected chi connectivity index (χ2v) is 12.3. The Labute approximate surface area is 238 Å². The first-order chi connectivity index (χ1) is 20.1. The Balaban J connectivity index is 1.18. The topological polar surface area (TPSA) is 269 Å². The molecular formula is C20H25FN11O8PS. The van der Waals surface area contributed by atoms with Crippen LogP contribution in [0.5, 0.6) is 0 Å². The zero-order valence-electron chi connectivity index (χ0n) is 21.4. The number of nitrogens with zero attached hydrogens (tertiary/aromatic N) is 8. The molecule has 0 aliphatic carbocycles. The predicted molar refractivity (Wildman–Crippen MR) is 142 cm³/mol. The Kier molecular flexibility index (Phi) is 7.62. The van der Waals surface area contributed by atoms with Crippen molar-refractivity contribution in [2.45, 2.75) is 55.8 Å². The third-order valence-electron chi connectivity index (χ3n) is 6.84. The van der Waals surface area contributed by atoms with E-state index in [1.807, 2.05) is 0 Å². The molecule has 0 spiro atoms. The van der Waals surface area contributed by atoms with Crippen LogP contribution in [-0.4, -0.2) is 103 Å². The van der Waals surface area contributed by atoms with Crippen LogP contribution in [-0.2, 0) is 30.3 Å². The fourth-order valence-corrected chi connectivity index (χ4v) is 6.29. The highest BCUT2D eigenvalue weighted by Crippen LogP contribution is 2.51. The minimum absolute atomic E-state index is 0.126. The number of aliphatic hydroxyl groups excluding tert-OH is 2. The number of ether oxygens (including phenoxy) is 2. The predicted octanol–water partition coefficient (Wildman–Crippen LogP) is -1.76. The number of hydrogen-bond donors (Lipinski definition) is 6. The van der Waals surface area contributed by atoms with Gasteiger partial charge in [0.05, 0.1) is 30.7 Å². The summed E-state index contributed by atoms with van der Waals surface area (Å²) in [5.41, 5.74) is 11.3. The number of rotatable bonds is 9. The number of nitrogen functional groups attached to an aromatic ring is 2. The number of aliphatic hydroxyl groups is 2. The molecule has 2 fully saturated rings. The number of H-pyrrole nitrogens is 1. The van der Waals surface area contributed by atoms with E-state index in [9.17, 15) is 19.9 Å². The number of anilines is 2. The number of nitrogens with one attached hydrogen (secondary N) is 1. The number of fused-ring (bicyclic) bond motifs is 2. The van der Waals surface area contributed by atoms with E-state index in [0.717, 1.165) is 4.68 Å². The van der Waals surface area contributed by atoms with Crippen LogP contribution >= 0.6 is 6.72 Å². The van der Waals surface area contributed by atoms with Gasteiger partial charge in [-0.3, -0.25) is 14.3 Å². The van der Waals surface area contributed by atoms with Crippen LogP contribution in [0.2, 0.25) is 0 Å². The van der Waals surface area contributed by atoms with Gasteiger partial charge in [0, 0.05) is 13.0 Å². The van der Waals surface area contributed by atoms with Crippen molar-refractivity contribution >= 4 is 47.1 Å². The van der Waals surface area contributed by atoms with Crippen molar-refractivity contribution in [3.05, 3.63) is 28.6 Å². The van der Waals surface area contributed by atoms with Gasteiger partial charge in [0.1, 0.15) is 24.6 Å². The molecule has 6 rings (SSSR count). The number of aromatic amines is 1. The third kappa shape index (κ3) is 5.23. The van der Waals surface area contributed by atoms with Crippen LogP contribution in [0.3, 0.4) is 0 Å². The number of halogens is 1. The van der Waals surface area contributed by atoms with Gasteiger partial charge < -0.3 is 40.6 Å². The molecule has 22 heteroatoms. The summed E-state index contributed by atoms with van der Waals surface area (Å²) in [5, 5.41) is 31.7. The summed E-state index contributed by atoms with van der Waals surface area (Å²) in [6.45, 7) is -5.04. The lowest BCUT2D eigenvalue weighted by molar-refractivity contribution is -0.0498. The van der Waals surface area contributed by atoms with E-state index in [1.54, 1.807) is 0 Å². The third-order valence-corrected chi connectivity index (χ3v) is 8.40. The van der Waals surface area contributed by atoms with Crippen LogP contribution in [0.25, 0.3) is 16.8 Å². The van der Waals surface area contributed by atoms with Gasteiger partial charge in [0.25, 0.3) is 5.56 Å². The smallest absolute Gasteiger partial charge is 0.325 e. The maximum atomic E-state index is 15.5. The SMILES string of the molecule is Nc1nc2c(nnn2[C@@H]2O[C@H](CCO)[C@H](F)[C@H]2OP(O)(=S)OC[C@H]2O[C@@H](c3cnc4c(N)ncnn34)C[C@@H]2O)c(=O)[nH]1. The maximum absolute atomic E-state index is 15.5. The van der Waals surface area contributed by atoms with E-state index < -0.39 is 68.4 Å². The molecule has 42 heavy (non-hydrogen) atoms. The van der Waals surface area contributed by atoms with Gasteiger partial charge in [0.15, 0.2) is 35.0 Å². The first-order valence-electron chi connectivity index (χ1n) is 12.5. The van der Waals surface area contributed by atoms with E-state index >= 15 is 4.39 Å². The normalized spacial score (nSPS) is 29.5. The minimum atomic E-state index is -4.22. The Morgan fingerprint density at radius 2 is 2.07 bits per heavy atom. The first-order valence-corrected chi connectivity index (χ1v) is 15.1. The lowest BCUT2D eigenvalue weighted by atomic mass is 10.1. The average Bonchev–Trinajstić information content (AvgIpc) is 3.70. The summed E-state index contributed by atoms with van der Waals surface area (Å²) >= 11 is 5.15. The standard InChI is InChI=1S/C20H25FN11O8PS/c21-12-9(1-2-33)39-19(32-16-13(29-30-32)18(35)28-20(23)27-16)14(12)40-41(36,42)37-5-11-8(34)3-10(38-11)7-4-24-17-15(22)25-6-26-31(7)17/h4,6,8-12,14,19,33-34H,1-3,5H2,(H,36,42)(H2,22,25,26)(H3,23,27,28,35)/t8-,9+,10+,11+,12-,14+,19+,41?/m0/s1. The van der Waals surface area contributed by atoms with Gasteiger partial charge in [-0.2, -0.15) is 14.8 Å². The highest BCUT2D eigenvalue weighted by atomic mass is 32.5. The number of imidazole rings is 1. The number of nitrogens with two attached hydrogens (primary N) is 2. The molecule has 19 nitrogen and oxygen atoms in total. The molecule has 0 amide bonds. The summed E-state index contributed by atoms with van der Waals surface area (Å²) in [7, 11) is 0. The largest absolute Gasteiger partial charge is 0.396 e. The van der Waals surface area contributed by atoms with Crippen molar-refractivity contribution in [1.82, 2.24) is 44.5 Å². The molecule has 4 aromatic heterocycles. The lowest BCUT2D eigenvalue weighted by Gasteiger charge is -2.25. The zero-order valence-corrected chi connectivity index (χ0v) is 23.1. The summed E-state index contributed by atoms with van der Waals surface area (Å²) in [6.07, 6.45) is -6.01. The molecule has 8 N–H and O–H groups in total. The van der Waals surface area contributed by atoms with E-state index in [0.29, 0.717) is 11.3 Å². The monoisotopic (exact) mass is 629 g/mol. The lowest BCUT2D eigenvalue weighted by Crippen LogP contribution is -2.32. The van der Waals surface area contributed by atoms with Crippen molar-refractivity contribution in [3.63, 3.8) is 0 Å². The fourth-order valence-electron chi connectivity index (χ4n) is 4.88. The first kappa shape index (κ1) is 28.8. The molecule has 0 aromatic carbocycles. The molecule has 2 aliphatic rings. The van der Waals surface area contributed by atoms with Crippen LogP contribution < -0.4 is 17.0 Å². The summed E-state index contributed by atoms with van der Waals surface area (Å²) in [6, 6.07) is 0.